The molecule has 1 N–H and O–H groups in total. The van der Waals surface area contributed by atoms with E-state index in [4.69, 9.17) is 0 Å². The van der Waals surface area contributed by atoms with E-state index in [-0.39, 0.29) is 22.5 Å². The number of benzene rings is 2. The van der Waals surface area contributed by atoms with Gasteiger partial charge in [-0.1, -0.05) is 32.0 Å². The topological polar surface area (TPSA) is 49.7 Å². The molecule has 1 aliphatic rings. The van der Waals surface area contributed by atoms with Gasteiger partial charge in [0.2, 0.25) is 0 Å². The van der Waals surface area contributed by atoms with Gasteiger partial charge in [-0.3, -0.25) is 9.79 Å². The van der Waals surface area contributed by atoms with Crippen LogP contribution in [0.2, 0.25) is 0 Å². The van der Waals surface area contributed by atoms with Crippen molar-refractivity contribution in [2.75, 3.05) is 0 Å². The largest absolute Gasteiger partial charge is 0.506 e. The van der Waals surface area contributed by atoms with Crippen LogP contribution >= 0.6 is 0 Å². The van der Waals surface area contributed by atoms with E-state index in [0.29, 0.717) is 24.1 Å². The lowest BCUT2D eigenvalue weighted by atomic mass is 9.73. The maximum absolute atomic E-state index is 13.1. The number of carbonyl (C=O) groups excluding carboxylic acids is 1. The summed E-state index contributed by atoms with van der Waals surface area (Å²) in [6, 6.07) is 14.8. The van der Waals surface area contributed by atoms with Crippen LogP contribution in [0.3, 0.4) is 0 Å². The van der Waals surface area contributed by atoms with E-state index in [1.165, 1.54) is 24.3 Å². The highest BCUT2D eigenvalue weighted by molar-refractivity contribution is 6.28. The molecule has 25 heavy (non-hydrogen) atoms. The van der Waals surface area contributed by atoms with Crippen molar-refractivity contribution < 1.29 is 14.3 Å². The molecule has 1 fully saturated rings. The van der Waals surface area contributed by atoms with Gasteiger partial charge in [0.05, 0.1) is 17.0 Å². The summed E-state index contributed by atoms with van der Waals surface area (Å²) < 4.78 is 13.1. The van der Waals surface area contributed by atoms with Crippen LogP contribution in [-0.4, -0.2) is 16.6 Å². The number of carbonyl (C=O) groups is 1. The van der Waals surface area contributed by atoms with Crippen molar-refractivity contribution in [3.05, 3.63) is 71.6 Å². The zero-order chi connectivity index (χ0) is 18.0. The van der Waals surface area contributed by atoms with Crippen molar-refractivity contribution in [3.63, 3.8) is 0 Å². The van der Waals surface area contributed by atoms with Gasteiger partial charge in [0, 0.05) is 12.0 Å². The van der Waals surface area contributed by atoms with Crippen molar-refractivity contribution >= 4 is 22.9 Å². The third-order valence-corrected chi connectivity index (χ3v) is 4.23. The molecular weight excluding hydrogens is 317 g/mol. The van der Waals surface area contributed by atoms with E-state index in [2.05, 4.69) is 4.99 Å². The van der Waals surface area contributed by atoms with Gasteiger partial charge in [0.25, 0.3) is 0 Å². The minimum Gasteiger partial charge on any atom is -0.506 e. The summed E-state index contributed by atoms with van der Waals surface area (Å²) >= 11 is 0. The summed E-state index contributed by atoms with van der Waals surface area (Å²) in [6.07, 6.45) is 0.912. The molecule has 0 radical (unpaired) electrons. The fourth-order valence-electron chi connectivity index (χ4n) is 3.06. The molecule has 0 unspecified atom stereocenters. The second-order valence-electron chi connectivity index (χ2n) is 7.07. The number of aliphatic hydroxyl groups excluding tert-OH is 1. The van der Waals surface area contributed by atoms with Crippen LogP contribution in [0.4, 0.5) is 10.1 Å². The number of nitrogens with zero attached hydrogens (tertiary/aromatic N) is 1. The van der Waals surface area contributed by atoms with Gasteiger partial charge in [-0.15, -0.1) is 0 Å². The molecule has 0 heterocycles. The molecule has 2 aromatic carbocycles. The highest BCUT2D eigenvalue weighted by atomic mass is 19.1. The Labute approximate surface area is 146 Å². The second-order valence-corrected chi connectivity index (χ2v) is 7.07. The van der Waals surface area contributed by atoms with E-state index >= 15 is 0 Å². The second kappa shape index (κ2) is 6.63. The molecule has 0 spiro atoms. The minimum absolute atomic E-state index is 0.143. The number of aliphatic hydroxyl groups is 1. The monoisotopic (exact) mass is 337 g/mol. The third-order valence-electron chi connectivity index (χ3n) is 4.23. The molecule has 3 rings (SSSR count). The van der Waals surface area contributed by atoms with Gasteiger partial charge < -0.3 is 5.11 Å². The first-order valence-electron chi connectivity index (χ1n) is 8.21. The van der Waals surface area contributed by atoms with Crippen LogP contribution in [0, 0.1) is 11.2 Å². The van der Waals surface area contributed by atoms with Gasteiger partial charge in [0.1, 0.15) is 11.6 Å². The van der Waals surface area contributed by atoms with Crippen LogP contribution in [0.5, 0.6) is 0 Å². The van der Waals surface area contributed by atoms with Crippen LogP contribution in [0.25, 0.3) is 5.76 Å². The zero-order valence-corrected chi connectivity index (χ0v) is 14.3. The highest BCUT2D eigenvalue weighted by Crippen LogP contribution is 2.37. The number of hydrogen-bond donors (Lipinski definition) is 1. The van der Waals surface area contributed by atoms with Crippen molar-refractivity contribution in [2.45, 2.75) is 26.7 Å². The molecule has 1 aliphatic carbocycles. The van der Waals surface area contributed by atoms with Crippen molar-refractivity contribution in [2.24, 2.45) is 10.4 Å². The van der Waals surface area contributed by atoms with E-state index in [9.17, 15) is 14.3 Å². The van der Waals surface area contributed by atoms with Gasteiger partial charge in [-0.2, -0.15) is 0 Å². The number of halogens is 1. The summed E-state index contributed by atoms with van der Waals surface area (Å²) in [6.45, 7) is 4.02. The summed E-state index contributed by atoms with van der Waals surface area (Å²) in [4.78, 5) is 17.3. The van der Waals surface area contributed by atoms with Gasteiger partial charge in [-0.05, 0) is 48.2 Å². The molecule has 0 aromatic heterocycles. The number of aliphatic imine (C=N–C) groups is 1. The third kappa shape index (κ3) is 3.85. The quantitative estimate of drug-likeness (QED) is 0.600. The highest BCUT2D eigenvalue weighted by Gasteiger charge is 2.36. The number of Topliss-reactive ketones (excluding diaryl/α,β-unsaturated/α-hetero) is 1. The van der Waals surface area contributed by atoms with Crippen molar-refractivity contribution in [1.29, 1.82) is 0 Å². The molecule has 2 aromatic rings. The van der Waals surface area contributed by atoms with Crippen LogP contribution in [0.15, 0.2) is 65.2 Å². The fourth-order valence-corrected chi connectivity index (χ4v) is 3.06. The van der Waals surface area contributed by atoms with E-state index in [0.717, 1.165) is 5.69 Å². The Balaban J connectivity index is 2.13. The molecule has 3 nitrogen and oxygen atoms in total. The number of allylic oxidation sites excluding steroid dienone is 1. The molecule has 4 heteroatoms. The molecule has 0 bridgehead atoms. The van der Waals surface area contributed by atoms with Gasteiger partial charge in [0.15, 0.2) is 5.78 Å². The SMILES string of the molecule is CC1(C)CC(=O)/C(=C(/O)c2ccc(F)cc2)C(=Nc2ccccc2)C1. The van der Waals surface area contributed by atoms with Crippen LogP contribution in [-0.2, 0) is 4.79 Å². The first-order valence-corrected chi connectivity index (χ1v) is 8.21. The Hall–Kier alpha value is -2.75. The average Bonchev–Trinajstić information content (AvgIpc) is 2.54. The van der Waals surface area contributed by atoms with Crippen LogP contribution in [0.1, 0.15) is 32.3 Å². The number of hydrogen-bond acceptors (Lipinski definition) is 3. The maximum Gasteiger partial charge on any atom is 0.169 e. The van der Waals surface area contributed by atoms with Gasteiger partial charge in [-0.25, -0.2) is 4.39 Å². The Morgan fingerprint density at radius 2 is 1.68 bits per heavy atom. The summed E-state index contributed by atoms with van der Waals surface area (Å²) in [7, 11) is 0. The first kappa shape index (κ1) is 17.1. The predicted octanol–water partition coefficient (Wildman–Crippen LogP) is 5.26. The molecule has 0 amide bonds. The Morgan fingerprint density at radius 3 is 2.32 bits per heavy atom. The smallest absolute Gasteiger partial charge is 0.169 e. The summed E-state index contributed by atoms with van der Waals surface area (Å²) in [5.41, 5.74) is 1.71. The predicted molar refractivity (Wildman–Crippen MR) is 97.5 cm³/mol. The van der Waals surface area contributed by atoms with Crippen molar-refractivity contribution in [3.8, 4) is 0 Å². The van der Waals surface area contributed by atoms with Gasteiger partial charge >= 0.3 is 0 Å². The van der Waals surface area contributed by atoms with E-state index in [1.807, 2.05) is 44.2 Å². The lowest BCUT2D eigenvalue weighted by molar-refractivity contribution is -0.117. The molecule has 128 valence electrons. The summed E-state index contributed by atoms with van der Waals surface area (Å²) in [5, 5.41) is 10.7. The van der Waals surface area contributed by atoms with E-state index in [1.54, 1.807) is 0 Å². The zero-order valence-electron chi connectivity index (χ0n) is 14.3. The molecular formula is C21H20FNO2. The molecule has 1 saturated carbocycles. The minimum atomic E-state index is -0.393. The van der Waals surface area contributed by atoms with Crippen molar-refractivity contribution in [1.82, 2.24) is 0 Å². The summed E-state index contributed by atoms with van der Waals surface area (Å²) in [5.74, 6) is -0.682. The number of rotatable bonds is 2. The molecule has 0 aliphatic heterocycles. The standard InChI is InChI=1S/C21H20FNO2/c1-21(2)12-17(23-16-6-4-3-5-7-16)19(18(24)13-21)20(25)14-8-10-15(22)11-9-14/h3-11,25H,12-13H2,1-2H3/b20-19+,23-17?. The van der Waals surface area contributed by atoms with E-state index < -0.39 is 5.82 Å². The lowest BCUT2D eigenvalue weighted by Crippen LogP contribution is -2.32. The maximum atomic E-state index is 13.1. The molecule has 0 saturated heterocycles. The lowest BCUT2D eigenvalue weighted by Gasteiger charge is -2.31. The average molecular weight is 337 g/mol. The molecule has 0 atom stereocenters. The Morgan fingerprint density at radius 1 is 1.04 bits per heavy atom. The fraction of sp³-hybridized carbons (Fsp3) is 0.238. The Bertz CT molecular complexity index is 849. The first-order chi connectivity index (χ1) is 11.9. The normalized spacial score (nSPS) is 20.6. The number of ketones is 1. The van der Waals surface area contributed by atoms with Crippen LogP contribution < -0.4 is 0 Å². The Kier molecular flexibility index (Phi) is 4.53. The number of para-hydroxylation sites is 1.